The second-order valence-electron chi connectivity index (χ2n) is 22.7. The highest BCUT2D eigenvalue weighted by molar-refractivity contribution is 6.33. The van der Waals surface area contributed by atoms with Gasteiger partial charge in [0.15, 0.2) is 0 Å². The number of aryl methyl sites for hydroxylation is 4. The highest BCUT2D eigenvalue weighted by Crippen LogP contribution is 2.36. The van der Waals surface area contributed by atoms with Crippen LogP contribution in [0.1, 0.15) is 147 Å². The van der Waals surface area contributed by atoms with E-state index in [1.54, 1.807) is 79.7 Å². The number of aliphatic hydroxyl groups is 1. The Bertz CT molecular complexity index is 3360. The molecule has 21 nitrogen and oxygen atoms in total. The summed E-state index contributed by atoms with van der Waals surface area (Å²) >= 11 is 24.2. The fourth-order valence-corrected chi connectivity index (χ4v) is 11.7. The van der Waals surface area contributed by atoms with Crippen LogP contribution < -0.4 is 40.2 Å². The fourth-order valence-electron chi connectivity index (χ4n) is 10.7. The molecule has 0 saturated carbocycles. The van der Waals surface area contributed by atoms with Gasteiger partial charge in [-0.25, -0.2) is 0 Å². The number of nitrogens with zero attached hydrogens (tertiary/aromatic N) is 4. The topological polar surface area (TPSA) is 278 Å². The van der Waals surface area contributed by atoms with Crippen LogP contribution in [0.5, 0.6) is 23.0 Å². The van der Waals surface area contributed by atoms with Crippen LogP contribution in [0.15, 0.2) is 90.9 Å². The number of fused-ring (bicyclic) bond motifs is 4. The molecule has 4 aliphatic rings. The number of rotatable bonds is 12. The monoisotopic (exact) mass is 1330 g/mol. The van der Waals surface area contributed by atoms with Crippen LogP contribution in [0.4, 0.5) is 23.5 Å². The number of benzene rings is 4. The number of halogens is 4. The minimum Gasteiger partial charge on any atom is -0.495 e. The number of nitrogens with one attached hydrogen (secondary N) is 4. The van der Waals surface area contributed by atoms with Gasteiger partial charge in [-0.05, 0) is 180 Å². The Morgan fingerprint density at radius 3 is 0.791 bits per heavy atom. The molecule has 4 amide bonds. The van der Waals surface area contributed by atoms with Crippen molar-refractivity contribution in [1.82, 2.24) is 20.6 Å². The van der Waals surface area contributed by atoms with E-state index in [1.165, 1.54) is 28.4 Å². The average Bonchev–Trinajstić information content (AvgIpc) is 1.82. The van der Waals surface area contributed by atoms with Crippen LogP contribution in [-0.2, 0) is 51.4 Å². The number of aliphatic hydroxyl groups excluding tert-OH is 1. The van der Waals surface area contributed by atoms with Gasteiger partial charge in [0.25, 0.3) is 23.6 Å². The Labute approximate surface area is 547 Å². The Morgan fingerprint density at radius 2 is 0.615 bits per heavy atom. The lowest BCUT2D eigenvalue weighted by Gasteiger charge is -2.16. The van der Waals surface area contributed by atoms with Gasteiger partial charge in [-0.15, -0.1) is 0 Å². The lowest BCUT2D eigenvalue weighted by atomic mass is 9.89. The van der Waals surface area contributed by atoms with Crippen molar-refractivity contribution in [2.45, 2.75) is 112 Å². The Kier molecular flexibility index (Phi) is 24.4. The summed E-state index contributed by atoms with van der Waals surface area (Å²) in [5.74, 6) is 5.06. The first-order chi connectivity index (χ1) is 43.7. The molecule has 0 aliphatic heterocycles. The largest absolute Gasteiger partial charge is 0.495 e. The van der Waals surface area contributed by atoms with E-state index in [1.807, 2.05) is 0 Å². The average molecular weight is 1330 g/mol. The second-order valence-corrected chi connectivity index (χ2v) is 24.3. The molecule has 0 fully saturated rings. The molecule has 484 valence electrons. The summed E-state index contributed by atoms with van der Waals surface area (Å²) in [6.45, 7) is 10.7. The first-order valence-electron chi connectivity index (χ1n) is 29.8. The zero-order chi connectivity index (χ0) is 65.5. The van der Waals surface area contributed by atoms with Crippen LogP contribution in [0.3, 0.4) is 0 Å². The SMILES string of the molecule is CCO.COc1ccc(C(=O)Nc2onc3c2CC(C)CC3)cc1Cl.COc1ccc(C(=O)Nc2onc3c2CC(C)CC3)cc1Cl.COc1ccc(C(=O)Nc2onc3c2CC(C)CC3)cc1Cl.COc1ccc(C(=O)Nc2onc3c2CC(C)CC3)cc1Cl. The smallest absolute Gasteiger partial charge is 0.258 e. The van der Waals surface area contributed by atoms with E-state index < -0.39 is 0 Å². The summed E-state index contributed by atoms with van der Waals surface area (Å²) < 4.78 is 41.5. The van der Waals surface area contributed by atoms with Gasteiger partial charge in [0.2, 0.25) is 23.5 Å². The van der Waals surface area contributed by atoms with Crippen molar-refractivity contribution in [2.24, 2.45) is 23.7 Å². The van der Waals surface area contributed by atoms with E-state index in [-0.39, 0.29) is 30.2 Å². The number of hydrogen-bond donors (Lipinski definition) is 5. The minimum absolute atomic E-state index is 0.250. The van der Waals surface area contributed by atoms with Crippen molar-refractivity contribution in [3.63, 3.8) is 0 Å². The van der Waals surface area contributed by atoms with Crippen LogP contribution in [0.2, 0.25) is 20.1 Å². The normalized spacial score (nSPS) is 16.6. The van der Waals surface area contributed by atoms with Crippen LogP contribution in [0.25, 0.3) is 0 Å². The number of carbonyl (C=O) groups excluding carboxylic acids is 4. The third-order valence-electron chi connectivity index (χ3n) is 15.7. The summed E-state index contributed by atoms with van der Waals surface area (Å²) in [5.41, 5.74) is 9.58. The molecule has 8 aromatic rings. The van der Waals surface area contributed by atoms with E-state index in [0.717, 1.165) is 122 Å². The molecule has 25 heteroatoms. The second kappa shape index (κ2) is 32.3. The molecular weight excluding hydrogens is 1250 g/mol. The van der Waals surface area contributed by atoms with Gasteiger partial charge in [-0.2, -0.15) is 0 Å². The third kappa shape index (κ3) is 17.7. The number of aromatic nitrogens is 4. The van der Waals surface area contributed by atoms with Crippen molar-refractivity contribution in [3.8, 4) is 23.0 Å². The first kappa shape index (κ1) is 68.8. The van der Waals surface area contributed by atoms with Gasteiger partial charge in [-0.1, -0.05) is 94.7 Å². The maximum atomic E-state index is 12.3. The van der Waals surface area contributed by atoms with Gasteiger partial charge >= 0.3 is 0 Å². The lowest BCUT2D eigenvalue weighted by Crippen LogP contribution is -2.15. The predicted octanol–water partition coefficient (Wildman–Crippen LogP) is 14.9. The summed E-state index contributed by atoms with van der Waals surface area (Å²) in [5, 5.41) is 36.5. The van der Waals surface area contributed by atoms with Crippen molar-refractivity contribution >= 4 is 93.6 Å². The third-order valence-corrected chi connectivity index (χ3v) is 16.9. The lowest BCUT2D eigenvalue weighted by molar-refractivity contribution is 0.101. The summed E-state index contributed by atoms with van der Waals surface area (Å²) in [6, 6.07) is 19.6. The minimum atomic E-state index is -0.276. The number of methoxy groups -OCH3 is 4. The standard InChI is InChI=1S/4C16H17ClN2O3.C2H6O/c4*1-9-3-5-13-11(7-9)16(22-19-13)18-15(20)10-4-6-14(21-2)12(17)8-10;1-2-3/h4*4,6,8-9H,3,5,7H2,1-2H3,(H,18,20);3H,2H2,1H3. The zero-order valence-electron chi connectivity index (χ0n) is 52.1. The molecule has 4 atom stereocenters. The molecule has 91 heavy (non-hydrogen) atoms. The highest BCUT2D eigenvalue weighted by Gasteiger charge is 2.29. The number of anilines is 4. The molecule has 0 saturated heterocycles. The van der Waals surface area contributed by atoms with E-state index in [2.05, 4.69) is 69.6 Å². The maximum absolute atomic E-state index is 12.3. The van der Waals surface area contributed by atoms with Crippen LogP contribution in [-0.4, -0.2) is 84.4 Å². The van der Waals surface area contributed by atoms with Gasteiger partial charge in [0, 0.05) is 51.1 Å². The van der Waals surface area contributed by atoms with E-state index in [4.69, 9.17) is 88.6 Å². The quantitative estimate of drug-likeness (QED) is 0.0760. The molecular formula is C66H74Cl4N8O13. The molecule has 0 spiro atoms. The van der Waals surface area contributed by atoms with Crippen molar-refractivity contribution in [3.05, 3.63) is 160 Å². The molecule has 4 aromatic carbocycles. The van der Waals surface area contributed by atoms with Gasteiger partial charge in [0.05, 0.1) is 71.3 Å². The molecule has 0 bridgehead atoms. The molecule has 4 aromatic heterocycles. The fraction of sp³-hybridized carbons (Fsp3) is 0.394. The van der Waals surface area contributed by atoms with E-state index in [0.29, 0.717) is 113 Å². The van der Waals surface area contributed by atoms with Crippen LogP contribution >= 0.6 is 46.4 Å². The Balaban J connectivity index is 0.000000154. The van der Waals surface area contributed by atoms with Crippen molar-refractivity contribution in [2.75, 3.05) is 56.3 Å². The summed E-state index contributed by atoms with van der Waals surface area (Å²) in [7, 11) is 6.12. The molecule has 5 N–H and O–H groups in total. The number of amides is 4. The molecule has 0 radical (unpaired) electrons. The van der Waals surface area contributed by atoms with Crippen LogP contribution in [0, 0.1) is 23.7 Å². The number of carbonyl (C=O) groups is 4. The van der Waals surface area contributed by atoms with Crippen molar-refractivity contribution < 1.29 is 61.3 Å². The Hall–Kier alpha value is -8.08. The van der Waals surface area contributed by atoms with Gasteiger partial charge in [0.1, 0.15) is 23.0 Å². The van der Waals surface area contributed by atoms with Crippen molar-refractivity contribution in [1.29, 1.82) is 0 Å². The summed E-state index contributed by atoms with van der Waals surface area (Å²) in [4.78, 5) is 49.3. The summed E-state index contributed by atoms with van der Waals surface area (Å²) in [6.07, 6.45) is 11.5. The highest BCUT2D eigenvalue weighted by atomic mass is 35.5. The maximum Gasteiger partial charge on any atom is 0.258 e. The Morgan fingerprint density at radius 1 is 0.418 bits per heavy atom. The molecule has 12 rings (SSSR count). The molecule has 4 heterocycles. The molecule has 4 aliphatic carbocycles. The number of hydrogen-bond acceptors (Lipinski definition) is 17. The zero-order valence-corrected chi connectivity index (χ0v) is 55.1. The van der Waals surface area contributed by atoms with Gasteiger partial charge < -0.3 is 42.1 Å². The first-order valence-corrected chi connectivity index (χ1v) is 31.4. The van der Waals surface area contributed by atoms with E-state index >= 15 is 0 Å². The predicted molar refractivity (Wildman–Crippen MR) is 347 cm³/mol. The number of ether oxygens (including phenoxy) is 4. The van der Waals surface area contributed by atoms with E-state index in [9.17, 15) is 19.2 Å². The molecule has 4 unspecified atom stereocenters. The van der Waals surface area contributed by atoms with Gasteiger partial charge in [-0.3, -0.25) is 40.4 Å².